The second-order valence-corrected chi connectivity index (χ2v) is 1.47. The molecule has 0 bridgehead atoms. The van der Waals surface area contributed by atoms with Crippen molar-refractivity contribution in [3.05, 3.63) is 19.1 Å². The summed E-state index contributed by atoms with van der Waals surface area (Å²) in [4.78, 5) is 4.44. The van der Waals surface area contributed by atoms with Crippen LogP contribution in [0.25, 0.3) is 0 Å². The zero-order chi connectivity index (χ0) is 6.95. The first kappa shape index (κ1) is 8.21. The van der Waals surface area contributed by atoms with Crippen molar-refractivity contribution >= 4 is 6.21 Å². The Kier molecular flexibility index (Phi) is 6.58. The second-order valence-electron chi connectivity index (χ2n) is 1.47. The maximum absolute atomic E-state index is 4.44. The number of nitrogens with zero attached hydrogens (tertiary/aromatic N) is 1. The quantitative estimate of drug-likeness (QED) is 0.319. The smallest absolute Gasteiger partial charge is 0.106 e. The SMILES string of the molecule is [CH2]C/C=C/C/C=N\OC. The van der Waals surface area contributed by atoms with E-state index in [9.17, 15) is 0 Å². The Balaban J connectivity index is 3.08. The van der Waals surface area contributed by atoms with Crippen LogP contribution in [0.5, 0.6) is 0 Å². The van der Waals surface area contributed by atoms with Gasteiger partial charge in [0.1, 0.15) is 7.11 Å². The van der Waals surface area contributed by atoms with Gasteiger partial charge in [0.25, 0.3) is 0 Å². The van der Waals surface area contributed by atoms with E-state index in [1.807, 2.05) is 12.2 Å². The normalized spacial score (nSPS) is 11.3. The molecule has 0 atom stereocenters. The molecule has 51 valence electrons. The minimum Gasteiger partial charge on any atom is -0.399 e. The number of hydrogen-bond acceptors (Lipinski definition) is 2. The molecule has 0 saturated heterocycles. The van der Waals surface area contributed by atoms with E-state index in [0.29, 0.717) is 0 Å². The summed E-state index contributed by atoms with van der Waals surface area (Å²) in [6, 6.07) is 0. The zero-order valence-electron chi connectivity index (χ0n) is 5.71. The van der Waals surface area contributed by atoms with Gasteiger partial charge < -0.3 is 4.84 Å². The summed E-state index contributed by atoms with van der Waals surface area (Å²) >= 11 is 0. The fourth-order valence-corrected chi connectivity index (χ4v) is 0.393. The van der Waals surface area contributed by atoms with Crippen LogP contribution >= 0.6 is 0 Å². The Labute approximate surface area is 56.2 Å². The fraction of sp³-hybridized carbons (Fsp3) is 0.429. The van der Waals surface area contributed by atoms with Crippen molar-refractivity contribution in [1.29, 1.82) is 0 Å². The van der Waals surface area contributed by atoms with Crippen LogP contribution in [0.4, 0.5) is 0 Å². The summed E-state index contributed by atoms with van der Waals surface area (Å²) in [5.41, 5.74) is 0. The third kappa shape index (κ3) is 7.21. The fourth-order valence-electron chi connectivity index (χ4n) is 0.393. The molecular weight excluding hydrogens is 114 g/mol. The van der Waals surface area contributed by atoms with Gasteiger partial charge >= 0.3 is 0 Å². The van der Waals surface area contributed by atoms with Crippen molar-refractivity contribution in [3.8, 4) is 0 Å². The van der Waals surface area contributed by atoms with Crippen LogP contribution in [0, 0.1) is 6.92 Å². The lowest BCUT2D eigenvalue weighted by Crippen LogP contribution is -1.71. The maximum Gasteiger partial charge on any atom is 0.106 e. The summed E-state index contributed by atoms with van der Waals surface area (Å²) in [7, 11) is 1.53. The highest BCUT2D eigenvalue weighted by Gasteiger charge is 1.69. The molecule has 0 aromatic heterocycles. The largest absolute Gasteiger partial charge is 0.399 e. The molecular formula is C7H12NO. The predicted octanol–water partition coefficient (Wildman–Crippen LogP) is 1.79. The van der Waals surface area contributed by atoms with Crippen LogP contribution in [0.2, 0.25) is 0 Å². The molecule has 9 heavy (non-hydrogen) atoms. The van der Waals surface area contributed by atoms with E-state index in [2.05, 4.69) is 16.9 Å². The Hall–Kier alpha value is -0.790. The van der Waals surface area contributed by atoms with Gasteiger partial charge in [0, 0.05) is 12.6 Å². The first-order chi connectivity index (χ1) is 4.41. The van der Waals surface area contributed by atoms with Crippen molar-refractivity contribution in [2.45, 2.75) is 12.8 Å². The summed E-state index contributed by atoms with van der Waals surface area (Å²) in [5, 5.41) is 3.55. The second kappa shape index (κ2) is 7.21. The van der Waals surface area contributed by atoms with Crippen molar-refractivity contribution in [2.75, 3.05) is 7.11 Å². The molecule has 0 aromatic carbocycles. The lowest BCUT2D eigenvalue weighted by molar-refractivity contribution is 0.215. The molecule has 0 heterocycles. The number of hydrogen-bond donors (Lipinski definition) is 0. The van der Waals surface area contributed by atoms with Crippen LogP contribution in [0.1, 0.15) is 12.8 Å². The molecule has 2 heteroatoms. The Morgan fingerprint density at radius 2 is 2.33 bits per heavy atom. The predicted molar refractivity (Wildman–Crippen MR) is 39.2 cm³/mol. The molecule has 0 spiro atoms. The topological polar surface area (TPSA) is 21.6 Å². The van der Waals surface area contributed by atoms with Gasteiger partial charge in [-0.2, -0.15) is 0 Å². The molecule has 0 aliphatic carbocycles. The third-order valence-electron chi connectivity index (χ3n) is 0.755. The van der Waals surface area contributed by atoms with Gasteiger partial charge in [0.15, 0.2) is 0 Å². The standard InChI is InChI=1S/C7H12NO/c1-3-4-5-6-7-8-9-2/h4-5,7H,1,3,6H2,2H3/b5-4+,8-7-. The van der Waals surface area contributed by atoms with Crippen LogP contribution in [0.3, 0.4) is 0 Å². The zero-order valence-corrected chi connectivity index (χ0v) is 5.71. The average molecular weight is 126 g/mol. The molecule has 2 nitrogen and oxygen atoms in total. The van der Waals surface area contributed by atoms with E-state index in [4.69, 9.17) is 0 Å². The lowest BCUT2D eigenvalue weighted by Gasteiger charge is -1.81. The summed E-state index contributed by atoms with van der Waals surface area (Å²) in [5.74, 6) is 0. The van der Waals surface area contributed by atoms with Crippen molar-refractivity contribution in [1.82, 2.24) is 0 Å². The molecule has 0 aromatic rings. The number of allylic oxidation sites excluding steroid dienone is 2. The maximum atomic E-state index is 4.44. The molecule has 0 saturated carbocycles. The molecule has 0 aliphatic heterocycles. The van der Waals surface area contributed by atoms with Gasteiger partial charge in [0.05, 0.1) is 0 Å². The van der Waals surface area contributed by atoms with E-state index >= 15 is 0 Å². The van der Waals surface area contributed by atoms with Crippen LogP contribution < -0.4 is 0 Å². The molecule has 0 amide bonds. The minimum absolute atomic E-state index is 0.823. The van der Waals surface area contributed by atoms with E-state index in [1.165, 1.54) is 7.11 Å². The van der Waals surface area contributed by atoms with E-state index in [1.54, 1.807) is 6.21 Å². The minimum atomic E-state index is 0.823. The summed E-state index contributed by atoms with van der Waals surface area (Å²) in [6.45, 7) is 3.64. The van der Waals surface area contributed by atoms with Crippen LogP contribution in [-0.2, 0) is 4.84 Å². The van der Waals surface area contributed by atoms with Crippen molar-refractivity contribution in [2.24, 2.45) is 5.16 Å². The van der Waals surface area contributed by atoms with Gasteiger partial charge in [-0.25, -0.2) is 0 Å². The number of rotatable bonds is 4. The molecule has 0 unspecified atom stereocenters. The highest BCUT2D eigenvalue weighted by molar-refractivity contribution is 5.58. The van der Waals surface area contributed by atoms with Gasteiger partial charge in [-0.1, -0.05) is 17.3 Å². The Morgan fingerprint density at radius 1 is 1.56 bits per heavy atom. The molecule has 0 rings (SSSR count). The highest BCUT2D eigenvalue weighted by atomic mass is 16.6. The van der Waals surface area contributed by atoms with E-state index < -0.39 is 0 Å². The van der Waals surface area contributed by atoms with Crippen molar-refractivity contribution < 1.29 is 4.84 Å². The van der Waals surface area contributed by atoms with Gasteiger partial charge in [0.2, 0.25) is 0 Å². The molecule has 0 N–H and O–H groups in total. The summed E-state index contributed by atoms with van der Waals surface area (Å²) < 4.78 is 0. The number of oxime groups is 1. The first-order valence-corrected chi connectivity index (χ1v) is 2.91. The van der Waals surface area contributed by atoms with Gasteiger partial charge in [-0.05, 0) is 13.3 Å². The third-order valence-corrected chi connectivity index (χ3v) is 0.755. The highest BCUT2D eigenvalue weighted by Crippen LogP contribution is 1.82. The lowest BCUT2D eigenvalue weighted by atomic mass is 10.3. The van der Waals surface area contributed by atoms with Gasteiger partial charge in [-0.15, -0.1) is 0 Å². The van der Waals surface area contributed by atoms with Gasteiger partial charge in [-0.3, -0.25) is 0 Å². The molecule has 0 fully saturated rings. The first-order valence-electron chi connectivity index (χ1n) is 2.91. The summed E-state index contributed by atoms with van der Waals surface area (Å²) in [6.07, 6.45) is 7.34. The molecule has 1 radical (unpaired) electrons. The van der Waals surface area contributed by atoms with Crippen LogP contribution in [-0.4, -0.2) is 13.3 Å². The Morgan fingerprint density at radius 3 is 2.89 bits per heavy atom. The Bertz CT molecular complexity index is 85.1. The van der Waals surface area contributed by atoms with E-state index in [-0.39, 0.29) is 0 Å². The average Bonchev–Trinajstić information content (AvgIpc) is 1.89. The molecule has 0 aliphatic rings. The van der Waals surface area contributed by atoms with Crippen molar-refractivity contribution in [3.63, 3.8) is 0 Å². The monoisotopic (exact) mass is 126 g/mol. The van der Waals surface area contributed by atoms with E-state index in [0.717, 1.165) is 12.8 Å². The van der Waals surface area contributed by atoms with Crippen LogP contribution in [0.15, 0.2) is 17.3 Å².